The molecule has 268 valence electrons. The van der Waals surface area contributed by atoms with E-state index >= 15 is 0 Å². The van der Waals surface area contributed by atoms with Crippen molar-refractivity contribution < 1.29 is 4.42 Å². The molecule has 0 bridgehead atoms. The van der Waals surface area contributed by atoms with Crippen LogP contribution in [0.5, 0.6) is 0 Å². The van der Waals surface area contributed by atoms with Crippen LogP contribution in [-0.4, -0.2) is 9.55 Å². The smallest absolute Gasteiger partial charge is 0.161 e. The van der Waals surface area contributed by atoms with Gasteiger partial charge in [0.05, 0.1) is 16.7 Å². The highest BCUT2D eigenvalue weighted by Crippen LogP contribution is 2.41. The van der Waals surface area contributed by atoms with Crippen LogP contribution in [0.15, 0.2) is 217 Å². The molecule has 11 aromatic rings. The van der Waals surface area contributed by atoms with Crippen molar-refractivity contribution in [2.75, 3.05) is 4.90 Å². The Hall–Kier alpha value is -7.69. The summed E-state index contributed by atoms with van der Waals surface area (Å²) < 4.78 is 8.74. The minimum Gasteiger partial charge on any atom is -0.454 e. The molecule has 3 aromatic heterocycles. The van der Waals surface area contributed by atoms with E-state index in [4.69, 9.17) is 9.40 Å². The molecule has 0 amide bonds. The highest BCUT2D eigenvalue weighted by Gasteiger charge is 2.19. The van der Waals surface area contributed by atoms with Crippen LogP contribution in [0, 0.1) is 0 Å². The maximum absolute atomic E-state index is 6.41. The minimum atomic E-state index is 0.898. The van der Waals surface area contributed by atoms with Gasteiger partial charge in [-0.3, -0.25) is 0 Å². The number of anilines is 3. The second-order valence-electron chi connectivity index (χ2n) is 14.4. The molecule has 0 N–H and O–H groups in total. The van der Waals surface area contributed by atoms with Gasteiger partial charge in [0.1, 0.15) is 11.1 Å². The molecule has 0 aliphatic carbocycles. The molecule has 11 rings (SSSR count). The van der Waals surface area contributed by atoms with Gasteiger partial charge < -0.3 is 13.9 Å². The van der Waals surface area contributed by atoms with Crippen molar-refractivity contribution in [2.45, 2.75) is 0 Å². The number of fused-ring (bicyclic) bond motifs is 6. The second kappa shape index (κ2) is 13.6. The molecule has 0 unspecified atom stereocenters. The maximum atomic E-state index is 6.41. The van der Waals surface area contributed by atoms with E-state index in [0.717, 1.165) is 89.0 Å². The first kappa shape index (κ1) is 32.7. The van der Waals surface area contributed by atoms with Gasteiger partial charge in [0.2, 0.25) is 0 Å². The topological polar surface area (TPSA) is 34.2 Å². The molecule has 0 atom stereocenters. The molecule has 3 heterocycles. The Kier molecular flexibility index (Phi) is 7.78. The molecule has 4 heteroatoms. The Balaban J connectivity index is 0.978. The van der Waals surface area contributed by atoms with Crippen LogP contribution in [0.2, 0.25) is 0 Å². The third kappa shape index (κ3) is 5.74. The number of pyridine rings is 1. The lowest BCUT2D eigenvalue weighted by Gasteiger charge is -2.26. The van der Waals surface area contributed by atoms with Crippen LogP contribution >= 0.6 is 0 Å². The number of benzene rings is 8. The van der Waals surface area contributed by atoms with Crippen molar-refractivity contribution in [1.29, 1.82) is 0 Å². The lowest BCUT2D eigenvalue weighted by Crippen LogP contribution is -2.10. The van der Waals surface area contributed by atoms with Gasteiger partial charge in [-0.2, -0.15) is 0 Å². The number of nitrogens with zero attached hydrogens (tertiary/aromatic N) is 3. The molecule has 0 aliphatic rings. The minimum absolute atomic E-state index is 0.898. The van der Waals surface area contributed by atoms with Gasteiger partial charge in [0.15, 0.2) is 5.58 Å². The Bertz CT molecular complexity index is 3210. The van der Waals surface area contributed by atoms with E-state index in [0.29, 0.717) is 0 Å². The summed E-state index contributed by atoms with van der Waals surface area (Å²) in [6.07, 6.45) is 0. The van der Waals surface area contributed by atoms with Gasteiger partial charge in [-0.15, -0.1) is 0 Å². The van der Waals surface area contributed by atoms with E-state index in [1.54, 1.807) is 0 Å². The number of para-hydroxylation sites is 3. The molecule has 0 radical (unpaired) electrons. The van der Waals surface area contributed by atoms with Crippen molar-refractivity contribution in [1.82, 2.24) is 9.55 Å². The Morgan fingerprint density at radius 2 is 1.04 bits per heavy atom. The fourth-order valence-electron chi connectivity index (χ4n) is 8.20. The average Bonchev–Trinajstić information content (AvgIpc) is 3.82. The van der Waals surface area contributed by atoms with E-state index in [-0.39, 0.29) is 0 Å². The fraction of sp³-hybridized carbons (Fsp3) is 0. The Morgan fingerprint density at radius 1 is 0.421 bits per heavy atom. The third-order valence-corrected chi connectivity index (χ3v) is 11.0. The SMILES string of the molecule is c1ccc(-c2ccc(N(c3ccc(-c4ccc5ccccc5n4)cc3)c3cccc(-c4ccc(-n5c6ccccc6c6oc7ccccc7c65)cc4)c3)cc2)cc1. The number of furan rings is 1. The summed E-state index contributed by atoms with van der Waals surface area (Å²) in [5.74, 6) is 0. The molecule has 0 aliphatic heterocycles. The third-order valence-electron chi connectivity index (χ3n) is 11.0. The van der Waals surface area contributed by atoms with Crippen LogP contribution in [0.25, 0.3) is 83.1 Å². The molecule has 0 saturated carbocycles. The highest BCUT2D eigenvalue weighted by molar-refractivity contribution is 6.16. The predicted molar refractivity (Wildman–Crippen MR) is 237 cm³/mol. The second-order valence-corrected chi connectivity index (χ2v) is 14.4. The average molecular weight is 730 g/mol. The fourth-order valence-corrected chi connectivity index (χ4v) is 8.20. The first-order valence-corrected chi connectivity index (χ1v) is 19.3. The standard InChI is InChI=1S/C53H35N3O/c1-2-11-36(12-3-1)37-21-28-42(29-22-37)55(43-32-25-40(26-33-43)49-34-27-39-13-4-7-18-48(39)54-49)45-15-10-14-41(35-45)38-23-30-44(31-24-38)56-50-19-8-5-16-46(50)53-52(56)47-17-6-9-20-51(47)57-53/h1-35H. The van der Waals surface area contributed by atoms with E-state index in [1.807, 2.05) is 18.2 Å². The Labute approximate surface area is 330 Å². The quantitative estimate of drug-likeness (QED) is 0.164. The summed E-state index contributed by atoms with van der Waals surface area (Å²) in [5.41, 5.74) is 16.0. The summed E-state index contributed by atoms with van der Waals surface area (Å²) in [6, 6.07) is 75.1. The number of hydrogen-bond donors (Lipinski definition) is 0. The van der Waals surface area contributed by atoms with Crippen molar-refractivity contribution in [2.24, 2.45) is 0 Å². The summed E-state index contributed by atoms with van der Waals surface area (Å²) >= 11 is 0. The van der Waals surface area contributed by atoms with Crippen LogP contribution in [0.3, 0.4) is 0 Å². The van der Waals surface area contributed by atoms with Gasteiger partial charge in [-0.05, 0) is 107 Å². The molecule has 0 saturated heterocycles. The number of rotatable bonds is 7. The van der Waals surface area contributed by atoms with E-state index in [2.05, 4.69) is 204 Å². The van der Waals surface area contributed by atoms with Gasteiger partial charge in [-0.1, -0.05) is 127 Å². The van der Waals surface area contributed by atoms with Crippen LogP contribution in [0.1, 0.15) is 0 Å². The van der Waals surface area contributed by atoms with Crippen molar-refractivity contribution in [3.63, 3.8) is 0 Å². The van der Waals surface area contributed by atoms with Gasteiger partial charge in [-0.25, -0.2) is 4.98 Å². The monoisotopic (exact) mass is 729 g/mol. The normalized spacial score (nSPS) is 11.5. The van der Waals surface area contributed by atoms with Crippen molar-refractivity contribution >= 4 is 60.9 Å². The molecular weight excluding hydrogens is 695 g/mol. The molecular formula is C53H35N3O. The molecule has 0 spiro atoms. The lowest BCUT2D eigenvalue weighted by molar-refractivity contribution is 0.673. The van der Waals surface area contributed by atoms with Crippen molar-refractivity contribution in [3.05, 3.63) is 212 Å². The van der Waals surface area contributed by atoms with Gasteiger partial charge in [0, 0.05) is 44.5 Å². The zero-order chi connectivity index (χ0) is 37.7. The van der Waals surface area contributed by atoms with Gasteiger partial charge >= 0.3 is 0 Å². The largest absolute Gasteiger partial charge is 0.454 e. The molecule has 4 nitrogen and oxygen atoms in total. The maximum Gasteiger partial charge on any atom is 0.161 e. The van der Waals surface area contributed by atoms with E-state index in [1.165, 1.54) is 11.1 Å². The summed E-state index contributed by atoms with van der Waals surface area (Å²) in [4.78, 5) is 7.29. The zero-order valence-electron chi connectivity index (χ0n) is 31.0. The highest BCUT2D eigenvalue weighted by atomic mass is 16.3. The molecule has 57 heavy (non-hydrogen) atoms. The van der Waals surface area contributed by atoms with Crippen LogP contribution < -0.4 is 4.90 Å². The predicted octanol–water partition coefficient (Wildman–Crippen LogP) is 14.5. The van der Waals surface area contributed by atoms with E-state index in [9.17, 15) is 0 Å². The lowest BCUT2D eigenvalue weighted by atomic mass is 10.0. The molecule has 0 fully saturated rings. The first-order valence-electron chi connectivity index (χ1n) is 19.3. The summed E-state index contributed by atoms with van der Waals surface area (Å²) in [6.45, 7) is 0. The summed E-state index contributed by atoms with van der Waals surface area (Å²) in [5, 5.41) is 3.36. The number of aromatic nitrogens is 2. The van der Waals surface area contributed by atoms with Gasteiger partial charge in [0.25, 0.3) is 0 Å². The molecule has 8 aromatic carbocycles. The van der Waals surface area contributed by atoms with E-state index < -0.39 is 0 Å². The van der Waals surface area contributed by atoms with Crippen molar-refractivity contribution in [3.8, 4) is 39.2 Å². The number of hydrogen-bond acceptors (Lipinski definition) is 3. The Morgan fingerprint density at radius 3 is 1.84 bits per heavy atom. The van der Waals surface area contributed by atoms with Crippen LogP contribution in [-0.2, 0) is 0 Å². The van der Waals surface area contributed by atoms with Crippen LogP contribution in [0.4, 0.5) is 17.1 Å². The zero-order valence-corrected chi connectivity index (χ0v) is 31.0. The summed E-state index contributed by atoms with van der Waals surface area (Å²) in [7, 11) is 0. The first-order chi connectivity index (χ1) is 28.2.